The first-order chi connectivity index (χ1) is 7.99. The van der Waals surface area contributed by atoms with Gasteiger partial charge in [-0.25, -0.2) is 4.98 Å². The Bertz CT molecular complexity index is 500. The summed E-state index contributed by atoms with van der Waals surface area (Å²) in [6.45, 7) is 4.85. The zero-order valence-corrected chi connectivity index (χ0v) is 10.8. The highest BCUT2D eigenvalue weighted by molar-refractivity contribution is 7.15. The number of nitrogens with zero attached hydrogens (tertiary/aromatic N) is 2. The summed E-state index contributed by atoms with van der Waals surface area (Å²) in [6, 6.07) is 0. The van der Waals surface area contributed by atoms with E-state index in [2.05, 4.69) is 10.3 Å². The van der Waals surface area contributed by atoms with Crippen LogP contribution >= 0.6 is 11.3 Å². The van der Waals surface area contributed by atoms with Crippen LogP contribution in [0, 0.1) is 5.41 Å². The Hall–Kier alpha value is -1.40. The molecule has 2 aromatic rings. The molecule has 0 aliphatic heterocycles. The monoisotopic (exact) mass is 252 g/mol. The molecular formula is C11H16N4OS. The van der Waals surface area contributed by atoms with E-state index in [1.165, 1.54) is 0 Å². The molecule has 0 fully saturated rings. The van der Waals surface area contributed by atoms with Gasteiger partial charge < -0.3 is 11.1 Å². The van der Waals surface area contributed by atoms with Gasteiger partial charge in [-0.05, 0) is 13.8 Å². The number of hydrogen-bond acceptors (Lipinski definition) is 4. The van der Waals surface area contributed by atoms with Crippen molar-refractivity contribution in [3.8, 4) is 0 Å². The molecule has 0 atom stereocenters. The minimum atomic E-state index is -0.531. The number of primary amides is 1. The maximum absolute atomic E-state index is 11.1. The summed E-state index contributed by atoms with van der Waals surface area (Å²) in [7, 11) is 0. The van der Waals surface area contributed by atoms with Gasteiger partial charge in [0.2, 0.25) is 5.91 Å². The number of carbonyl (C=O) groups is 1. The second kappa shape index (κ2) is 4.46. The largest absolute Gasteiger partial charge is 0.369 e. The van der Waals surface area contributed by atoms with E-state index >= 15 is 0 Å². The lowest BCUT2D eigenvalue weighted by Crippen LogP contribution is -2.40. The number of thiazole rings is 1. The molecule has 0 aromatic carbocycles. The molecule has 0 aliphatic rings. The maximum Gasteiger partial charge on any atom is 0.224 e. The van der Waals surface area contributed by atoms with Crippen LogP contribution in [0.5, 0.6) is 0 Å². The highest BCUT2D eigenvalue weighted by Gasteiger charge is 2.24. The zero-order valence-electron chi connectivity index (χ0n) is 9.93. The zero-order chi connectivity index (χ0) is 12.5. The molecule has 5 nitrogen and oxygen atoms in total. The van der Waals surface area contributed by atoms with Gasteiger partial charge in [0.15, 0.2) is 4.96 Å². The van der Waals surface area contributed by atoms with Gasteiger partial charge >= 0.3 is 0 Å². The Labute approximate surface area is 104 Å². The number of fused-ring (bicyclic) bond motifs is 1. The van der Waals surface area contributed by atoms with Crippen molar-refractivity contribution >= 4 is 22.2 Å². The number of carbonyl (C=O) groups excluding carboxylic acids is 1. The van der Waals surface area contributed by atoms with Gasteiger partial charge in [-0.1, -0.05) is 0 Å². The van der Waals surface area contributed by atoms with Crippen LogP contribution in [0.3, 0.4) is 0 Å². The molecule has 1 amide bonds. The van der Waals surface area contributed by atoms with Crippen molar-refractivity contribution in [2.45, 2.75) is 20.4 Å². The number of nitrogens with two attached hydrogens (primary N) is 1. The van der Waals surface area contributed by atoms with E-state index in [-0.39, 0.29) is 5.91 Å². The van der Waals surface area contributed by atoms with Crippen LogP contribution in [0.25, 0.3) is 4.96 Å². The molecule has 0 aliphatic carbocycles. The molecule has 92 valence electrons. The molecule has 0 spiro atoms. The second-order valence-corrected chi connectivity index (χ2v) is 5.55. The lowest BCUT2D eigenvalue weighted by atomic mass is 9.93. The molecule has 17 heavy (non-hydrogen) atoms. The molecule has 3 N–H and O–H groups in total. The molecule has 0 unspecified atom stereocenters. The highest BCUT2D eigenvalue weighted by atomic mass is 32.1. The van der Waals surface area contributed by atoms with E-state index in [1.807, 2.05) is 36.0 Å². The summed E-state index contributed by atoms with van der Waals surface area (Å²) < 4.78 is 1.99. The third-order valence-electron chi connectivity index (χ3n) is 2.68. The predicted molar refractivity (Wildman–Crippen MR) is 67.8 cm³/mol. The summed E-state index contributed by atoms with van der Waals surface area (Å²) in [4.78, 5) is 16.5. The van der Waals surface area contributed by atoms with Gasteiger partial charge in [0.25, 0.3) is 0 Å². The Morgan fingerprint density at radius 3 is 3.06 bits per heavy atom. The fourth-order valence-corrected chi connectivity index (χ4v) is 2.17. The number of hydrogen-bond donors (Lipinski definition) is 2. The SMILES string of the molecule is CC(C)(CNCc1cn2ccsc2n1)C(N)=O. The van der Waals surface area contributed by atoms with Gasteiger partial charge in [0.05, 0.1) is 11.1 Å². The molecule has 0 saturated heterocycles. The van der Waals surface area contributed by atoms with Crippen molar-refractivity contribution in [2.75, 3.05) is 6.54 Å². The Balaban J connectivity index is 1.91. The molecule has 0 radical (unpaired) electrons. The normalized spacial score (nSPS) is 12.1. The lowest BCUT2D eigenvalue weighted by Gasteiger charge is -2.20. The number of imidazole rings is 1. The van der Waals surface area contributed by atoms with Gasteiger partial charge in [0, 0.05) is 30.9 Å². The standard InChI is InChI=1S/C11H16N4OS/c1-11(2,9(12)16)7-13-5-8-6-15-3-4-17-10(15)14-8/h3-4,6,13H,5,7H2,1-2H3,(H2,12,16). The third kappa shape index (κ3) is 2.65. The van der Waals surface area contributed by atoms with E-state index in [0.29, 0.717) is 13.1 Å². The summed E-state index contributed by atoms with van der Waals surface area (Å²) in [5, 5.41) is 5.20. The first kappa shape index (κ1) is 12.1. The Kier molecular flexibility index (Phi) is 3.17. The number of amides is 1. The van der Waals surface area contributed by atoms with Crippen LogP contribution in [0.1, 0.15) is 19.5 Å². The summed E-state index contributed by atoms with van der Waals surface area (Å²) in [5.74, 6) is -0.296. The van der Waals surface area contributed by atoms with Gasteiger partial charge in [-0.3, -0.25) is 9.20 Å². The van der Waals surface area contributed by atoms with Gasteiger partial charge in [0.1, 0.15) is 0 Å². The van der Waals surface area contributed by atoms with Crippen LogP contribution in [0.2, 0.25) is 0 Å². The number of nitrogens with one attached hydrogen (secondary N) is 1. The fraction of sp³-hybridized carbons (Fsp3) is 0.455. The van der Waals surface area contributed by atoms with Crippen molar-refractivity contribution in [3.05, 3.63) is 23.5 Å². The van der Waals surface area contributed by atoms with Crippen LogP contribution in [-0.2, 0) is 11.3 Å². The van der Waals surface area contributed by atoms with E-state index in [1.54, 1.807) is 11.3 Å². The Morgan fingerprint density at radius 1 is 1.65 bits per heavy atom. The summed E-state index contributed by atoms with van der Waals surface area (Å²) in [6.07, 6.45) is 3.96. The summed E-state index contributed by atoms with van der Waals surface area (Å²) in [5.41, 5.74) is 5.74. The smallest absolute Gasteiger partial charge is 0.224 e. The summed E-state index contributed by atoms with van der Waals surface area (Å²) >= 11 is 1.60. The molecule has 0 bridgehead atoms. The van der Waals surface area contributed by atoms with Crippen molar-refractivity contribution in [1.29, 1.82) is 0 Å². The van der Waals surface area contributed by atoms with Crippen molar-refractivity contribution in [3.63, 3.8) is 0 Å². The molecular weight excluding hydrogens is 236 g/mol. The van der Waals surface area contributed by atoms with Crippen LogP contribution in [0.4, 0.5) is 0 Å². The Morgan fingerprint density at radius 2 is 2.41 bits per heavy atom. The molecule has 0 saturated carbocycles. The molecule has 6 heteroatoms. The van der Waals surface area contributed by atoms with Gasteiger partial charge in [-0.15, -0.1) is 11.3 Å². The topological polar surface area (TPSA) is 72.4 Å². The average Bonchev–Trinajstić information content (AvgIpc) is 2.76. The number of rotatable bonds is 5. The van der Waals surface area contributed by atoms with Crippen LogP contribution in [-0.4, -0.2) is 21.8 Å². The fourth-order valence-electron chi connectivity index (χ4n) is 1.45. The lowest BCUT2D eigenvalue weighted by molar-refractivity contribution is -0.125. The van der Waals surface area contributed by atoms with Gasteiger partial charge in [-0.2, -0.15) is 0 Å². The van der Waals surface area contributed by atoms with Crippen LogP contribution in [0.15, 0.2) is 17.8 Å². The minimum absolute atomic E-state index is 0.296. The molecule has 2 aromatic heterocycles. The van der Waals surface area contributed by atoms with E-state index < -0.39 is 5.41 Å². The quantitative estimate of drug-likeness (QED) is 0.833. The van der Waals surface area contributed by atoms with E-state index in [9.17, 15) is 4.79 Å². The second-order valence-electron chi connectivity index (χ2n) is 4.68. The first-order valence-corrected chi connectivity index (χ1v) is 6.29. The molecule has 2 heterocycles. The van der Waals surface area contributed by atoms with Crippen molar-refractivity contribution in [2.24, 2.45) is 11.1 Å². The molecule has 2 rings (SSSR count). The highest BCUT2D eigenvalue weighted by Crippen LogP contribution is 2.13. The average molecular weight is 252 g/mol. The van der Waals surface area contributed by atoms with E-state index in [0.717, 1.165) is 10.7 Å². The predicted octanol–water partition coefficient (Wildman–Crippen LogP) is 0.997. The van der Waals surface area contributed by atoms with E-state index in [4.69, 9.17) is 5.73 Å². The van der Waals surface area contributed by atoms with Crippen molar-refractivity contribution in [1.82, 2.24) is 14.7 Å². The third-order valence-corrected chi connectivity index (χ3v) is 3.45. The van der Waals surface area contributed by atoms with Crippen LogP contribution < -0.4 is 11.1 Å². The maximum atomic E-state index is 11.1. The minimum Gasteiger partial charge on any atom is -0.369 e. The number of aromatic nitrogens is 2. The first-order valence-electron chi connectivity index (χ1n) is 5.41. The van der Waals surface area contributed by atoms with Crippen molar-refractivity contribution < 1.29 is 4.79 Å².